The van der Waals surface area contributed by atoms with E-state index in [4.69, 9.17) is 14.5 Å². The molecule has 0 aliphatic rings. The number of nitrogens with zero attached hydrogens (tertiary/aromatic N) is 3. The van der Waals surface area contributed by atoms with Crippen LogP contribution in [0.2, 0.25) is 0 Å². The van der Waals surface area contributed by atoms with Gasteiger partial charge in [0.15, 0.2) is 0 Å². The Hall–Kier alpha value is -3.22. The number of hydrogen-bond donors (Lipinski definition) is 1. The lowest BCUT2D eigenvalue weighted by Gasteiger charge is -2.18. The summed E-state index contributed by atoms with van der Waals surface area (Å²) in [4.78, 5) is 15.0. The molecule has 0 fully saturated rings. The highest BCUT2D eigenvalue weighted by Gasteiger charge is 2.19. The van der Waals surface area contributed by atoms with Crippen molar-refractivity contribution in [1.29, 1.82) is 0 Å². The molecular weight excluding hydrogens is 448 g/mol. The monoisotopic (exact) mass is 486 g/mol. The van der Waals surface area contributed by atoms with Gasteiger partial charge in [-0.3, -0.25) is 4.98 Å². The summed E-state index contributed by atoms with van der Waals surface area (Å²) in [6.45, 7) is 10.3. The molecule has 4 rings (SSSR count). The molecule has 1 atom stereocenters. The van der Waals surface area contributed by atoms with E-state index in [2.05, 4.69) is 78.1 Å². The fourth-order valence-electron chi connectivity index (χ4n) is 4.53. The molecular formula is C30H38N4O2. The number of pyridine rings is 2. The van der Waals surface area contributed by atoms with Gasteiger partial charge in [0.05, 0.1) is 12.8 Å². The van der Waals surface area contributed by atoms with Crippen LogP contribution in [0.15, 0.2) is 61.1 Å². The molecule has 0 radical (unpaired) electrons. The number of nitrogens with one attached hydrogen (secondary N) is 1. The highest BCUT2D eigenvalue weighted by atomic mass is 16.5. The molecule has 3 heterocycles. The quantitative estimate of drug-likeness (QED) is 0.239. The lowest BCUT2D eigenvalue weighted by atomic mass is 10.0. The van der Waals surface area contributed by atoms with Crippen LogP contribution >= 0.6 is 0 Å². The van der Waals surface area contributed by atoms with Gasteiger partial charge in [0, 0.05) is 48.3 Å². The van der Waals surface area contributed by atoms with Crippen LogP contribution in [-0.4, -0.2) is 53.2 Å². The van der Waals surface area contributed by atoms with Gasteiger partial charge in [0.2, 0.25) is 0 Å². The number of ether oxygens (including phenoxy) is 2. The number of aromatic nitrogens is 3. The molecule has 3 aromatic heterocycles. The Morgan fingerprint density at radius 1 is 0.972 bits per heavy atom. The van der Waals surface area contributed by atoms with E-state index in [1.54, 1.807) is 13.3 Å². The zero-order valence-electron chi connectivity index (χ0n) is 22.0. The number of rotatable bonds is 13. The van der Waals surface area contributed by atoms with E-state index in [1.165, 1.54) is 11.1 Å². The first-order chi connectivity index (χ1) is 17.6. The van der Waals surface area contributed by atoms with E-state index in [1.807, 2.05) is 12.4 Å². The van der Waals surface area contributed by atoms with Gasteiger partial charge in [-0.2, -0.15) is 0 Å². The first-order valence-corrected chi connectivity index (χ1v) is 13.0. The minimum absolute atomic E-state index is 0.239. The second kappa shape index (κ2) is 12.7. The van der Waals surface area contributed by atoms with Crippen LogP contribution in [0, 0.1) is 6.92 Å². The summed E-state index contributed by atoms with van der Waals surface area (Å²) < 4.78 is 12.0. The van der Waals surface area contributed by atoms with Crippen LogP contribution < -0.4 is 4.74 Å². The fraction of sp³-hybridized carbons (Fsp3) is 0.400. The summed E-state index contributed by atoms with van der Waals surface area (Å²) in [6.07, 6.45) is 8.32. The Labute approximate surface area is 214 Å². The Morgan fingerprint density at radius 3 is 2.47 bits per heavy atom. The molecule has 6 heteroatoms. The zero-order valence-corrected chi connectivity index (χ0v) is 22.0. The molecule has 190 valence electrons. The molecule has 0 spiro atoms. The third-order valence-electron chi connectivity index (χ3n) is 6.78. The standard InChI is InChI=1S/C30H38N4O2/c1-5-34(6-2)16-7-17-36-26-18-27-28(21-33-30(27)32-20-26)29(35-4)24-13-15-25(31-19-24)14-12-23-10-8-22(3)9-11-23/h8-11,13,15,18-21,29H,5-7,12,14,16-17H2,1-4H3,(H,32,33). The highest BCUT2D eigenvalue weighted by Crippen LogP contribution is 2.32. The van der Waals surface area contributed by atoms with Crippen LogP contribution in [0.5, 0.6) is 5.75 Å². The Kier molecular flexibility index (Phi) is 9.09. The third kappa shape index (κ3) is 6.50. The van der Waals surface area contributed by atoms with Gasteiger partial charge in [-0.1, -0.05) is 49.7 Å². The molecule has 4 aromatic rings. The number of aromatic amines is 1. The molecule has 0 aliphatic carbocycles. The number of benzene rings is 1. The van der Waals surface area contributed by atoms with Crippen LogP contribution in [0.3, 0.4) is 0 Å². The minimum atomic E-state index is -0.239. The summed E-state index contributed by atoms with van der Waals surface area (Å²) in [7, 11) is 1.73. The molecule has 0 aliphatic heterocycles. The molecule has 1 aromatic carbocycles. The molecule has 0 amide bonds. The summed E-state index contributed by atoms with van der Waals surface area (Å²) in [5, 5.41) is 1.01. The first-order valence-electron chi connectivity index (χ1n) is 13.0. The van der Waals surface area contributed by atoms with Crippen molar-refractivity contribution >= 4 is 11.0 Å². The fourth-order valence-corrected chi connectivity index (χ4v) is 4.53. The predicted octanol–water partition coefficient (Wildman–Crippen LogP) is 5.90. The Balaban J connectivity index is 1.42. The second-order valence-corrected chi connectivity index (χ2v) is 9.22. The molecule has 1 N–H and O–H groups in total. The van der Waals surface area contributed by atoms with Crippen molar-refractivity contribution in [3.63, 3.8) is 0 Å². The largest absolute Gasteiger partial charge is 0.492 e. The van der Waals surface area contributed by atoms with Gasteiger partial charge in [-0.25, -0.2) is 4.98 Å². The van der Waals surface area contributed by atoms with Gasteiger partial charge in [0.25, 0.3) is 0 Å². The van der Waals surface area contributed by atoms with E-state index in [-0.39, 0.29) is 6.10 Å². The van der Waals surface area contributed by atoms with Crippen molar-refractivity contribution in [1.82, 2.24) is 19.9 Å². The smallest absolute Gasteiger partial charge is 0.138 e. The average Bonchev–Trinajstić information content (AvgIpc) is 3.33. The van der Waals surface area contributed by atoms with Gasteiger partial charge < -0.3 is 19.4 Å². The topological polar surface area (TPSA) is 63.3 Å². The van der Waals surface area contributed by atoms with Gasteiger partial charge in [-0.15, -0.1) is 0 Å². The van der Waals surface area contributed by atoms with E-state index in [9.17, 15) is 0 Å². The van der Waals surface area contributed by atoms with Gasteiger partial charge in [0.1, 0.15) is 17.5 Å². The van der Waals surface area contributed by atoms with Crippen molar-refractivity contribution in [2.24, 2.45) is 0 Å². The normalized spacial score (nSPS) is 12.4. The maximum atomic E-state index is 6.03. The van der Waals surface area contributed by atoms with E-state index < -0.39 is 0 Å². The van der Waals surface area contributed by atoms with E-state index in [0.29, 0.717) is 6.61 Å². The molecule has 36 heavy (non-hydrogen) atoms. The van der Waals surface area contributed by atoms with Gasteiger partial charge >= 0.3 is 0 Å². The Morgan fingerprint density at radius 2 is 1.78 bits per heavy atom. The maximum absolute atomic E-state index is 6.03. The summed E-state index contributed by atoms with van der Waals surface area (Å²) >= 11 is 0. The lowest BCUT2D eigenvalue weighted by molar-refractivity contribution is 0.137. The number of hydrogen-bond acceptors (Lipinski definition) is 5. The molecule has 0 saturated heterocycles. The summed E-state index contributed by atoms with van der Waals surface area (Å²) in [6, 6.07) is 15.0. The van der Waals surface area contributed by atoms with Gasteiger partial charge in [-0.05, 0) is 57.0 Å². The van der Waals surface area contributed by atoms with Crippen LogP contribution in [0.4, 0.5) is 0 Å². The number of aryl methyl sites for hydroxylation is 3. The summed E-state index contributed by atoms with van der Waals surface area (Å²) in [5.74, 6) is 0.780. The number of H-pyrrole nitrogens is 1. The second-order valence-electron chi connectivity index (χ2n) is 9.22. The maximum Gasteiger partial charge on any atom is 0.138 e. The van der Waals surface area contributed by atoms with Crippen molar-refractivity contribution in [2.45, 2.75) is 46.1 Å². The van der Waals surface area contributed by atoms with Crippen LogP contribution in [-0.2, 0) is 17.6 Å². The van der Waals surface area contributed by atoms with Crippen molar-refractivity contribution in [3.05, 3.63) is 89.0 Å². The third-order valence-corrected chi connectivity index (χ3v) is 6.78. The van der Waals surface area contributed by atoms with E-state index in [0.717, 1.165) is 72.5 Å². The van der Waals surface area contributed by atoms with E-state index >= 15 is 0 Å². The average molecular weight is 487 g/mol. The Bertz CT molecular complexity index is 1210. The minimum Gasteiger partial charge on any atom is -0.492 e. The van der Waals surface area contributed by atoms with Crippen molar-refractivity contribution < 1.29 is 9.47 Å². The number of fused-ring (bicyclic) bond motifs is 1. The lowest BCUT2D eigenvalue weighted by Crippen LogP contribution is -2.25. The van der Waals surface area contributed by atoms with Crippen molar-refractivity contribution in [2.75, 3.05) is 33.4 Å². The number of methoxy groups -OCH3 is 1. The molecule has 6 nitrogen and oxygen atoms in total. The summed E-state index contributed by atoms with van der Waals surface area (Å²) in [5.41, 5.74) is 6.57. The van der Waals surface area contributed by atoms with Crippen molar-refractivity contribution in [3.8, 4) is 5.75 Å². The first kappa shape index (κ1) is 25.9. The van der Waals surface area contributed by atoms with Crippen LogP contribution in [0.25, 0.3) is 11.0 Å². The molecule has 0 bridgehead atoms. The SMILES string of the molecule is CCN(CC)CCCOc1cnc2[nH]cc(C(OC)c3ccc(CCc4ccc(C)cc4)nc3)c2c1. The highest BCUT2D eigenvalue weighted by molar-refractivity contribution is 5.81. The zero-order chi connectivity index (χ0) is 25.3. The van der Waals surface area contributed by atoms with Crippen LogP contribution in [0.1, 0.15) is 54.3 Å². The molecule has 0 saturated carbocycles. The predicted molar refractivity (Wildman–Crippen MR) is 146 cm³/mol. The molecule has 1 unspecified atom stereocenters.